The van der Waals surface area contributed by atoms with Crippen LogP contribution in [0, 0.1) is 5.92 Å². The molecule has 1 amide bonds. The Morgan fingerprint density at radius 2 is 1.89 bits per heavy atom. The first-order valence-corrected chi connectivity index (χ1v) is 9.52. The number of methoxy groups -OCH3 is 1. The monoisotopic (exact) mass is 397 g/mol. The van der Waals surface area contributed by atoms with E-state index >= 15 is 0 Å². The fraction of sp³-hybridized carbons (Fsp3) is 0.333. The highest BCUT2D eigenvalue weighted by molar-refractivity contribution is 7.80. The van der Waals surface area contributed by atoms with Crippen LogP contribution in [0.3, 0.4) is 0 Å². The Bertz CT molecular complexity index is 948. The molecule has 2 bridgehead atoms. The van der Waals surface area contributed by atoms with Crippen LogP contribution >= 0.6 is 12.2 Å². The molecule has 3 unspecified atom stereocenters. The summed E-state index contributed by atoms with van der Waals surface area (Å²) in [5, 5.41) is 3.88. The van der Waals surface area contributed by atoms with Crippen molar-refractivity contribution < 1.29 is 14.3 Å². The molecule has 0 spiro atoms. The summed E-state index contributed by atoms with van der Waals surface area (Å²) >= 11 is 5.73. The second-order valence-corrected chi connectivity index (χ2v) is 7.73. The number of hydrogen-bond donors (Lipinski definition) is 1. The lowest BCUT2D eigenvalue weighted by molar-refractivity contribution is -0.144. The topological polar surface area (TPSA) is 54.0 Å². The Morgan fingerprint density at radius 1 is 1.21 bits per heavy atom. The molecule has 1 fully saturated rings. The van der Waals surface area contributed by atoms with E-state index in [1.807, 2.05) is 60.4 Å². The number of carbonyl (C=O) groups excluding carboxylic acids is 1. The predicted molar refractivity (Wildman–Crippen MR) is 112 cm³/mol. The van der Waals surface area contributed by atoms with Gasteiger partial charge in [0.2, 0.25) is 5.91 Å². The highest BCUT2D eigenvalue weighted by Gasteiger charge is 2.59. The van der Waals surface area contributed by atoms with Gasteiger partial charge in [0.1, 0.15) is 17.4 Å². The average molecular weight is 398 g/mol. The number of hydrogen-bond acceptors (Lipinski definition) is 4. The second kappa shape index (κ2) is 6.67. The van der Waals surface area contributed by atoms with E-state index in [0.29, 0.717) is 10.9 Å². The maximum atomic E-state index is 13.3. The molecule has 4 rings (SSSR count). The first kappa shape index (κ1) is 18.6. The molecule has 2 heterocycles. The normalized spacial score (nSPS) is 25.3. The van der Waals surface area contributed by atoms with Crippen LogP contribution in [0.5, 0.6) is 11.5 Å². The van der Waals surface area contributed by atoms with Gasteiger partial charge in [-0.15, -0.1) is 0 Å². The van der Waals surface area contributed by atoms with Crippen molar-refractivity contribution in [3.63, 3.8) is 0 Å². The number of nitrogens with zero attached hydrogens (tertiary/aromatic N) is 2. The van der Waals surface area contributed by atoms with Gasteiger partial charge in [0, 0.05) is 19.7 Å². The van der Waals surface area contributed by atoms with Gasteiger partial charge in [0.15, 0.2) is 10.8 Å². The fourth-order valence-electron chi connectivity index (χ4n) is 4.16. The summed E-state index contributed by atoms with van der Waals surface area (Å²) in [6, 6.07) is 15.1. The van der Waals surface area contributed by atoms with Gasteiger partial charge in [-0.2, -0.15) is 0 Å². The van der Waals surface area contributed by atoms with E-state index < -0.39 is 11.6 Å². The van der Waals surface area contributed by atoms with Gasteiger partial charge in [0.05, 0.1) is 18.8 Å². The standard InChI is InChI=1S/C21H23N3O3S/c1-21-17(19(25)23(2)3)18(13-9-5-7-11-15(13)27-21)22-20(28)24(21)14-10-6-8-12-16(14)26-4/h5-12,17-18H,1-4H3,(H,22,28). The number of rotatable bonds is 3. The van der Waals surface area contributed by atoms with Crippen molar-refractivity contribution in [3.05, 3.63) is 54.1 Å². The third-order valence-corrected chi connectivity index (χ3v) is 5.74. The minimum atomic E-state index is -1.02. The van der Waals surface area contributed by atoms with Crippen molar-refractivity contribution in [1.29, 1.82) is 0 Å². The molecule has 2 aromatic carbocycles. The van der Waals surface area contributed by atoms with E-state index in [1.165, 1.54) is 0 Å². The van der Waals surface area contributed by atoms with Crippen molar-refractivity contribution in [2.45, 2.75) is 18.7 Å². The smallest absolute Gasteiger partial charge is 0.233 e. The van der Waals surface area contributed by atoms with Gasteiger partial charge < -0.3 is 19.7 Å². The van der Waals surface area contributed by atoms with Crippen LogP contribution in [-0.4, -0.2) is 42.8 Å². The second-order valence-electron chi connectivity index (χ2n) is 7.34. The minimum Gasteiger partial charge on any atom is -0.495 e. The van der Waals surface area contributed by atoms with Crippen molar-refractivity contribution in [2.75, 3.05) is 26.1 Å². The third-order valence-electron chi connectivity index (χ3n) is 5.44. The van der Waals surface area contributed by atoms with Crippen LogP contribution in [0.1, 0.15) is 18.5 Å². The van der Waals surface area contributed by atoms with Crippen molar-refractivity contribution in [2.24, 2.45) is 5.92 Å². The summed E-state index contributed by atoms with van der Waals surface area (Å²) in [5.41, 5.74) is 0.665. The van der Waals surface area contributed by atoms with Crippen LogP contribution in [0.15, 0.2) is 48.5 Å². The number of carbonyl (C=O) groups is 1. The number of ether oxygens (including phenoxy) is 2. The molecule has 0 saturated carbocycles. The first-order chi connectivity index (χ1) is 13.4. The van der Waals surface area contributed by atoms with Crippen molar-refractivity contribution >= 4 is 28.9 Å². The molecule has 3 atom stereocenters. The van der Waals surface area contributed by atoms with Crippen molar-refractivity contribution in [1.82, 2.24) is 10.2 Å². The predicted octanol–water partition coefficient (Wildman–Crippen LogP) is 2.94. The molecule has 1 saturated heterocycles. The molecule has 6 nitrogen and oxygen atoms in total. The Labute approximate surface area is 170 Å². The quantitative estimate of drug-likeness (QED) is 0.804. The van der Waals surface area contributed by atoms with Crippen LogP contribution in [0.25, 0.3) is 0 Å². The third kappa shape index (κ3) is 2.61. The molecule has 0 aliphatic carbocycles. The summed E-state index contributed by atoms with van der Waals surface area (Å²) in [5.74, 6) is 0.864. The zero-order chi connectivity index (χ0) is 20.1. The van der Waals surface area contributed by atoms with E-state index in [9.17, 15) is 4.79 Å². The zero-order valence-corrected chi connectivity index (χ0v) is 17.1. The number of benzene rings is 2. The molecule has 7 heteroatoms. The Kier molecular flexibility index (Phi) is 4.42. The number of anilines is 1. The Hall–Kier alpha value is -2.80. The molecule has 146 valence electrons. The van der Waals surface area contributed by atoms with Crippen LogP contribution in [0.4, 0.5) is 5.69 Å². The zero-order valence-electron chi connectivity index (χ0n) is 16.3. The van der Waals surface area contributed by atoms with Crippen LogP contribution in [0.2, 0.25) is 0 Å². The number of para-hydroxylation sites is 3. The highest BCUT2D eigenvalue weighted by atomic mass is 32.1. The first-order valence-electron chi connectivity index (χ1n) is 9.11. The van der Waals surface area contributed by atoms with E-state index in [4.69, 9.17) is 21.7 Å². The molecule has 2 aromatic rings. The number of amides is 1. The number of thiocarbonyl (C=S) groups is 1. The van der Waals surface area contributed by atoms with Gasteiger partial charge >= 0.3 is 0 Å². The van der Waals surface area contributed by atoms with E-state index in [0.717, 1.165) is 17.0 Å². The summed E-state index contributed by atoms with van der Waals surface area (Å²) in [7, 11) is 5.13. The molecule has 2 aliphatic heterocycles. The maximum Gasteiger partial charge on any atom is 0.233 e. The largest absolute Gasteiger partial charge is 0.495 e. The van der Waals surface area contributed by atoms with E-state index in [1.54, 1.807) is 26.1 Å². The lowest BCUT2D eigenvalue weighted by Gasteiger charge is -2.56. The minimum absolute atomic E-state index is 0.0306. The van der Waals surface area contributed by atoms with Gasteiger partial charge in [-0.3, -0.25) is 9.69 Å². The Balaban J connectivity index is 1.94. The molecule has 2 aliphatic rings. The van der Waals surface area contributed by atoms with Crippen LogP contribution in [-0.2, 0) is 4.79 Å². The lowest BCUT2D eigenvalue weighted by Crippen LogP contribution is -2.72. The Morgan fingerprint density at radius 3 is 2.61 bits per heavy atom. The lowest BCUT2D eigenvalue weighted by atomic mass is 9.78. The molecule has 1 N–H and O–H groups in total. The molecular formula is C21H23N3O3S. The summed E-state index contributed by atoms with van der Waals surface area (Å²) in [6.07, 6.45) is 0. The molecular weight excluding hydrogens is 374 g/mol. The number of nitrogens with one attached hydrogen (secondary N) is 1. The van der Waals surface area contributed by atoms with Crippen molar-refractivity contribution in [3.8, 4) is 11.5 Å². The molecule has 28 heavy (non-hydrogen) atoms. The molecule has 0 aromatic heterocycles. The highest BCUT2D eigenvalue weighted by Crippen LogP contribution is 2.50. The number of fused-ring (bicyclic) bond motifs is 4. The summed E-state index contributed by atoms with van der Waals surface area (Å²) in [4.78, 5) is 16.7. The van der Waals surface area contributed by atoms with Gasteiger partial charge in [-0.1, -0.05) is 30.3 Å². The van der Waals surface area contributed by atoms with Gasteiger partial charge in [-0.05, 0) is 37.3 Å². The van der Waals surface area contributed by atoms with E-state index in [2.05, 4.69) is 5.32 Å². The summed E-state index contributed by atoms with van der Waals surface area (Å²) in [6.45, 7) is 1.92. The maximum absolute atomic E-state index is 13.3. The summed E-state index contributed by atoms with van der Waals surface area (Å²) < 4.78 is 12.1. The van der Waals surface area contributed by atoms with Crippen LogP contribution < -0.4 is 19.7 Å². The molecule has 0 radical (unpaired) electrons. The van der Waals surface area contributed by atoms with Gasteiger partial charge in [-0.25, -0.2) is 0 Å². The fourth-order valence-corrected chi connectivity index (χ4v) is 4.57. The van der Waals surface area contributed by atoms with Gasteiger partial charge in [0.25, 0.3) is 0 Å². The van der Waals surface area contributed by atoms with E-state index in [-0.39, 0.29) is 11.9 Å². The average Bonchev–Trinajstić information content (AvgIpc) is 2.67. The SMILES string of the molecule is COc1ccccc1N1C(=S)NC2c3ccccc3OC1(C)C2C(=O)N(C)C.